The second kappa shape index (κ2) is 10.7. The van der Waals surface area contributed by atoms with Crippen molar-refractivity contribution in [2.45, 2.75) is 0 Å². The molecule has 0 saturated heterocycles. The molecule has 0 aliphatic carbocycles. The summed E-state index contributed by atoms with van der Waals surface area (Å²) >= 11 is 0. The number of hydrogen-bond acceptors (Lipinski definition) is 2. The van der Waals surface area contributed by atoms with Crippen molar-refractivity contribution in [2.75, 3.05) is 0 Å². The van der Waals surface area contributed by atoms with E-state index in [0.717, 1.165) is 71.1 Å². The predicted octanol–water partition coefficient (Wildman–Crippen LogP) is 12.4. The summed E-state index contributed by atoms with van der Waals surface area (Å²) in [5, 5.41) is 17.0. The SMILES string of the molecule is [C-]#[N+]c1cc([N+]#[C-])c(-n2c3ccccc3c3ccccc32)c(-c2cccc(C#N)c2-n2c3ccccc3c3ccc4oc5ccccc5c4c32)c1. The number of nitriles is 1. The fourth-order valence-corrected chi connectivity index (χ4v) is 7.95. The molecule has 0 atom stereocenters. The molecule has 0 spiro atoms. The van der Waals surface area contributed by atoms with E-state index in [0.29, 0.717) is 33.9 Å². The fourth-order valence-electron chi connectivity index (χ4n) is 7.95. The van der Waals surface area contributed by atoms with Crippen LogP contribution in [0, 0.1) is 24.5 Å². The van der Waals surface area contributed by atoms with E-state index < -0.39 is 0 Å². The van der Waals surface area contributed by atoms with Crippen LogP contribution < -0.4 is 0 Å². The Morgan fingerprint density at radius 1 is 0.529 bits per heavy atom. The summed E-state index contributed by atoms with van der Waals surface area (Å²) in [6.07, 6.45) is 0. The second-order valence-corrected chi connectivity index (χ2v) is 12.6. The van der Waals surface area contributed by atoms with Crippen molar-refractivity contribution in [2.24, 2.45) is 0 Å². The van der Waals surface area contributed by atoms with Crippen molar-refractivity contribution in [1.82, 2.24) is 9.13 Å². The lowest BCUT2D eigenvalue weighted by molar-refractivity contribution is 0.669. The first-order valence-electron chi connectivity index (χ1n) is 16.5. The standard InChI is InChI=1S/C45H23N5O/c1-47-28-24-35(44(36(25-28)48-2)49-37-18-7-3-13-29(37)30-14-4-8-19-38(30)49)32-17-11-12-27(26-46)43(32)50-39-20-9-5-15-31(39)33-22-23-41-42(45(33)50)34-16-6-10-21-40(34)51-41/h3-25H. The molecule has 3 aromatic heterocycles. The molecule has 0 saturated carbocycles. The zero-order valence-corrected chi connectivity index (χ0v) is 26.9. The van der Waals surface area contributed by atoms with Gasteiger partial charge in [0.1, 0.15) is 17.2 Å². The van der Waals surface area contributed by atoms with Crippen molar-refractivity contribution in [3.63, 3.8) is 0 Å². The second-order valence-electron chi connectivity index (χ2n) is 12.6. The number of nitrogens with zero attached hydrogens (tertiary/aromatic N) is 5. The topological polar surface area (TPSA) is 55.5 Å². The van der Waals surface area contributed by atoms with E-state index in [1.807, 2.05) is 84.9 Å². The fraction of sp³-hybridized carbons (Fsp3) is 0. The number of rotatable bonds is 3. The average Bonchev–Trinajstić information content (AvgIpc) is 3.84. The van der Waals surface area contributed by atoms with E-state index in [4.69, 9.17) is 17.6 Å². The Morgan fingerprint density at radius 2 is 1.16 bits per heavy atom. The number of fused-ring (bicyclic) bond motifs is 10. The van der Waals surface area contributed by atoms with Crippen LogP contribution in [0.2, 0.25) is 0 Å². The third kappa shape index (κ3) is 3.89. The van der Waals surface area contributed by atoms with Gasteiger partial charge in [-0.1, -0.05) is 84.9 Å². The molecular weight excluding hydrogens is 627 g/mol. The predicted molar refractivity (Wildman–Crippen MR) is 205 cm³/mol. The zero-order chi connectivity index (χ0) is 34.2. The van der Waals surface area contributed by atoms with Gasteiger partial charge in [0.25, 0.3) is 0 Å². The van der Waals surface area contributed by atoms with Crippen LogP contribution in [0.5, 0.6) is 0 Å². The molecule has 3 heterocycles. The largest absolute Gasteiger partial charge is 0.456 e. The minimum atomic E-state index is 0.347. The van der Waals surface area contributed by atoms with Crippen LogP contribution in [0.1, 0.15) is 5.56 Å². The van der Waals surface area contributed by atoms with Crippen LogP contribution in [0.15, 0.2) is 144 Å². The highest BCUT2D eigenvalue weighted by atomic mass is 16.3. The molecule has 0 fully saturated rings. The van der Waals surface area contributed by atoms with Gasteiger partial charge in [0.15, 0.2) is 5.69 Å². The van der Waals surface area contributed by atoms with E-state index in [1.165, 1.54) is 0 Å². The normalized spacial score (nSPS) is 11.5. The highest BCUT2D eigenvalue weighted by Gasteiger charge is 2.26. The number of benzene rings is 7. The highest BCUT2D eigenvalue weighted by molar-refractivity contribution is 6.25. The Hall–Kier alpha value is -7.59. The van der Waals surface area contributed by atoms with E-state index in [-0.39, 0.29) is 0 Å². The lowest BCUT2D eigenvalue weighted by Gasteiger charge is -2.21. The molecule has 10 aromatic rings. The van der Waals surface area contributed by atoms with Crippen molar-refractivity contribution >= 4 is 76.9 Å². The Bertz CT molecular complexity index is 3190. The summed E-state index contributed by atoms with van der Waals surface area (Å²) in [6, 6.07) is 48.5. The number of hydrogen-bond donors (Lipinski definition) is 0. The van der Waals surface area contributed by atoms with Gasteiger partial charge in [0.2, 0.25) is 5.69 Å². The number of furan rings is 1. The van der Waals surface area contributed by atoms with Gasteiger partial charge in [-0.25, -0.2) is 9.69 Å². The smallest absolute Gasteiger partial charge is 0.201 e. The van der Waals surface area contributed by atoms with Crippen LogP contribution >= 0.6 is 0 Å². The monoisotopic (exact) mass is 649 g/mol. The van der Waals surface area contributed by atoms with Crippen LogP contribution in [0.25, 0.3) is 97.7 Å². The molecule has 6 nitrogen and oxygen atoms in total. The third-order valence-corrected chi connectivity index (χ3v) is 9.97. The first kappa shape index (κ1) is 28.4. The lowest BCUT2D eigenvalue weighted by Crippen LogP contribution is -2.04. The molecule has 0 aliphatic heterocycles. The van der Waals surface area contributed by atoms with Gasteiger partial charge in [-0.3, -0.25) is 0 Å². The summed E-state index contributed by atoms with van der Waals surface area (Å²) in [7, 11) is 0. The molecular formula is C45H23N5O. The number of aromatic nitrogens is 2. The van der Waals surface area contributed by atoms with Gasteiger partial charge in [-0.05, 0) is 60.2 Å². The van der Waals surface area contributed by atoms with Crippen molar-refractivity contribution in [3.8, 4) is 28.6 Å². The summed E-state index contributed by atoms with van der Waals surface area (Å²) in [4.78, 5) is 7.87. The first-order valence-corrected chi connectivity index (χ1v) is 16.5. The van der Waals surface area contributed by atoms with Gasteiger partial charge in [-0.15, -0.1) is 0 Å². The Balaban J connectivity index is 1.43. The Labute approximate surface area is 291 Å². The van der Waals surface area contributed by atoms with Crippen molar-refractivity contribution < 1.29 is 4.42 Å². The molecule has 0 amide bonds. The maximum atomic E-state index is 10.8. The van der Waals surface area contributed by atoms with E-state index in [2.05, 4.69) is 73.4 Å². The molecule has 0 bridgehead atoms. The highest BCUT2D eigenvalue weighted by Crippen LogP contribution is 2.47. The van der Waals surface area contributed by atoms with Crippen LogP contribution in [0.4, 0.5) is 11.4 Å². The molecule has 0 N–H and O–H groups in total. The minimum Gasteiger partial charge on any atom is -0.456 e. The van der Waals surface area contributed by atoms with Crippen LogP contribution in [-0.2, 0) is 0 Å². The van der Waals surface area contributed by atoms with E-state index in [1.54, 1.807) is 6.07 Å². The summed E-state index contributed by atoms with van der Waals surface area (Å²) in [5.74, 6) is 0. The van der Waals surface area contributed by atoms with Crippen molar-refractivity contribution in [1.29, 1.82) is 5.26 Å². The summed E-state index contributed by atoms with van der Waals surface area (Å²) in [5.41, 5.74) is 9.18. The van der Waals surface area contributed by atoms with Gasteiger partial charge in [-0.2, -0.15) is 5.26 Å². The summed E-state index contributed by atoms with van der Waals surface area (Å²) < 4.78 is 10.7. The summed E-state index contributed by atoms with van der Waals surface area (Å²) in [6.45, 7) is 16.5. The molecule has 7 aromatic carbocycles. The molecule has 0 unspecified atom stereocenters. The van der Waals surface area contributed by atoms with Crippen molar-refractivity contribution in [3.05, 3.63) is 168 Å². The molecule has 6 heteroatoms. The molecule has 0 aliphatic rings. The van der Waals surface area contributed by atoms with E-state index in [9.17, 15) is 5.26 Å². The third-order valence-electron chi connectivity index (χ3n) is 9.97. The zero-order valence-electron chi connectivity index (χ0n) is 26.9. The molecule has 234 valence electrons. The number of para-hydroxylation sites is 5. The van der Waals surface area contributed by atoms with Gasteiger partial charge in [0.05, 0.1) is 57.5 Å². The van der Waals surface area contributed by atoms with Gasteiger partial charge in [0, 0.05) is 32.5 Å². The van der Waals surface area contributed by atoms with Gasteiger partial charge >= 0.3 is 0 Å². The Kier molecular flexibility index (Phi) is 5.97. The maximum absolute atomic E-state index is 10.8. The average molecular weight is 650 g/mol. The van der Waals surface area contributed by atoms with Gasteiger partial charge < -0.3 is 13.6 Å². The molecule has 51 heavy (non-hydrogen) atoms. The van der Waals surface area contributed by atoms with Crippen LogP contribution in [0.3, 0.4) is 0 Å². The maximum Gasteiger partial charge on any atom is 0.201 e. The quantitative estimate of drug-likeness (QED) is 0.179. The Morgan fingerprint density at radius 3 is 1.82 bits per heavy atom. The van der Waals surface area contributed by atoms with Crippen LogP contribution in [-0.4, -0.2) is 9.13 Å². The minimum absolute atomic E-state index is 0.347. The van der Waals surface area contributed by atoms with E-state index >= 15 is 0 Å². The first-order chi connectivity index (χ1) is 25.2. The molecule has 10 rings (SSSR count). The lowest BCUT2D eigenvalue weighted by atomic mass is 9.96. The molecule has 0 radical (unpaired) electrons.